The molecule has 3 rings (SSSR count). The van der Waals surface area contributed by atoms with E-state index in [1.165, 1.54) is 12.1 Å². The number of carbonyl (C=O) groups is 1. The lowest BCUT2D eigenvalue weighted by molar-refractivity contribution is -0.123. The smallest absolute Gasteiger partial charge is 0.230 e. The van der Waals surface area contributed by atoms with Crippen molar-refractivity contribution in [2.24, 2.45) is 16.1 Å². The van der Waals surface area contributed by atoms with Crippen molar-refractivity contribution in [3.8, 4) is 0 Å². The number of hydrogen-bond donors (Lipinski definition) is 2. The summed E-state index contributed by atoms with van der Waals surface area (Å²) < 4.78 is 13.4. The zero-order valence-electron chi connectivity index (χ0n) is 17.9. The fourth-order valence-corrected chi connectivity index (χ4v) is 3.11. The van der Waals surface area contributed by atoms with Gasteiger partial charge in [-0.25, -0.2) is 9.37 Å². The molecule has 2 heterocycles. The maximum absolute atomic E-state index is 13.4. The minimum absolute atomic E-state index is 0.126. The van der Waals surface area contributed by atoms with E-state index >= 15 is 0 Å². The van der Waals surface area contributed by atoms with Crippen LogP contribution in [0.2, 0.25) is 0 Å². The third kappa shape index (κ3) is 5.10. The highest BCUT2D eigenvalue weighted by Gasteiger charge is 2.23. The predicted octanol–water partition coefficient (Wildman–Crippen LogP) is 3.42. The highest BCUT2D eigenvalue weighted by molar-refractivity contribution is 6.31. The Morgan fingerprint density at radius 1 is 1.17 bits per heavy atom. The maximum Gasteiger partial charge on any atom is 0.230 e. The molecule has 2 aromatic rings. The Morgan fingerprint density at radius 2 is 1.87 bits per heavy atom. The molecule has 1 aromatic heterocycles. The Kier molecular flexibility index (Phi) is 6.31. The van der Waals surface area contributed by atoms with Crippen LogP contribution in [0.5, 0.6) is 0 Å². The van der Waals surface area contributed by atoms with E-state index in [-0.39, 0.29) is 11.7 Å². The first-order valence-corrected chi connectivity index (χ1v) is 9.91. The molecule has 0 spiro atoms. The molecule has 3 N–H and O–H groups in total. The lowest BCUT2D eigenvalue weighted by atomic mass is 9.94. The molecule has 0 aliphatic carbocycles. The van der Waals surface area contributed by atoms with Gasteiger partial charge < -0.3 is 11.1 Å². The van der Waals surface area contributed by atoms with Crippen molar-refractivity contribution in [3.05, 3.63) is 59.5 Å². The van der Waals surface area contributed by atoms with Gasteiger partial charge in [0.05, 0.1) is 12.3 Å². The summed E-state index contributed by atoms with van der Waals surface area (Å²) in [6.45, 7) is 7.72. The third-order valence-corrected chi connectivity index (χ3v) is 4.89. The van der Waals surface area contributed by atoms with Gasteiger partial charge in [0.15, 0.2) is 0 Å². The average Bonchev–Trinajstić information content (AvgIpc) is 2.68. The van der Waals surface area contributed by atoms with Gasteiger partial charge >= 0.3 is 0 Å². The van der Waals surface area contributed by atoms with Crippen LogP contribution in [0.1, 0.15) is 31.9 Å². The van der Waals surface area contributed by atoms with E-state index in [9.17, 15) is 9.18 Å². The fraction of sp³-hybridized carbons (Fsp3) is 0.348. The van der Waals surface area contributed by atoms with Crippen LogP contribution in [0.25, 0.3) is 11.3 Å². The first kappa shape index (κ1) is 21.6. The standard InChI is InChI=1S/C23H28FN5O/c1-23(2,3)22(30)28-19-13-16(9-10-27-19)20(18-14-29(4)12-11-26-18)21(25)15-5-7-17(24)8-6-15/h5-10,13H,11-12,14,25H2,1-4H3,(H,27,28,30). The van der Waals surface area contributed by atoms with Gasteiger partial charge in [-0.2, -0.15) is 0 Å². The summed E-state index contributed by atoms with van der Waals surface area (Å²) in [7, 11) is 2.03. The van der Waals surface area contributed by atoms with Gasteiger partial charge in [-0.3, -0.25) is 14.7 Å². The zero-order chi connectivity index (χ0) is 21.9. The number of likely N-dealkylation sites (N-methyl/N-ethyl adjacent to an activating group) is 1. The Balaban J connectivity index is 2.08. The van der Waals surface area contributed by atoms with Crippen molar-refractivity contribution < 1.29 is 9.18 Å². The third-order valence-electron chi connectivity index (χ3n) is 4.89. The van der Waals surface area contributed by atoms with Crippen LogP contribution < -0.4 is 11.1 Å². The van der Waals surface area contributed by atoms with Crippen molar-refractivity contribution in [3.63, 3.8) is 0 Å². The van der Waals surface area contributed by atoms with E-state index in [0.717, 1.165) is 23.4 Å². The van der Waals surface area contributed by atoms with Crippen molar-refractivity contribution in [1.82, 2.24) is 9.88 Å². The Hall–Kier alpha value is -3.06. The van der Waals surface area contributed by atoms with Crippen LogP contribution in [0, 0.1) is 11.2 Å². The van der Waals surface area contributed by atoms with E-state index in [2.05, 4.69) is 15.2 Å². The minimum atomic E-state index is -0.542. The molecular formula is C23H28FN5O. The van der Waals surface area contributed by atoms with E-state index in [1.807, 2.05) is 33.9 Å². The average molecular weight is 410 g/mol. The molecule has 0 unspecified atom stereocenters. The first-order valence-electron chi connectivity index (χ1n) is 9.91. The molecule has 1 aromatic carbocycles. The summed E-state index contributed by atoms with van der Waals surface area (Å²) in [5, 5.41) is 2.86. The van der Waals surface area contributed by atoms with Crippen molar-refractivity contribution in [2.45, 2.75) is 20.8 Å². The van der Waals surface area contributed by atoms with Gasteiger partial charge in [-0.15, -0.1) is 0 Å². The zero-order valence-corrected chi connectivity index (χ0v) is 17.9. The summed E-state index contributed by atoms with van der Waals surface area (Å²) >= 11 is 0. The molecule has 0 saturated heterocycles. The molecule has 1 amide bonds. The molecule has 1 aliphatic rings. The Labute approximate surface area is 176 Å². The topological polar surface area (TPSA) is 83.6 Å². The minimum Gasteiger partial charge on any atom is -0.398 e. The van der Waals surface area contributed by atoms with E-state index in [1.54, 1.807) is 24.4 Å². The predicted molar refractivity (Wildman–Crippen MR) is 120 cm³/mol. The molecule has 7 heteroatoms. The van der Waals surface area contributed by atoms with Crippen LogP contribution in [-0.2, 0) is 4.79 Å². The van der Waals surface area contributed by atoms with Gasteiger partial charge in [-0.05, 0) is 54.6 Å². The maximum atomic E-state index is 13.4. The van der Waals surface area contributed by atoms with Crippen LogP contribution in [0.4, 0.5) is 10.2 Å². The highest BCUT2D eigenvalue weighted by atomic mass is 19.1. The number of aliphatic imine (C=N–C) groups is 1. The van der Waals surface area contributed by atoms with Crippen molar-refractivity contribution in [1.29, 1.82) is 0 Å². The summed E-state index contributed by atoms with van der Waals surface area (Å²) in [6.07, 6.45) is 1.64. The highest BCUT2D eigenvalue weighted by Crippen LogP contribution is 2.27. The number of benzene rings is 1. The van der Waals surface area contributed by atoms with Crippen LogP contribution in [-0.4, -0.2) is 48.2 Å². The van der Waals surface area contributed by atoms with E-state index in [0.29, 0.717) is 30.2 Å². The number of aromatic nitrogens is 1. The van der Waals surface area contributed by atoms with Crippen molar-refractivity contribution >= 4 is 28.7 Å². The van der Waals surface area contributed by atoms with Crippen LogP contribution in [0.3, 0.4) is 0 Å². The number of anilines is 1. The molecule has 0 bridgehead atoms. The van der Waals surface area contributed by atoms with Crippen molar-refractivity contribution in [2.75, 3.05) is 32.0 Å². The number of carbonyl (C=O) groups excluding carboxylic acids is 1. The number of nitrogens with zero attached hydrogens (tertiary/aromatic N) is 3. The summed E-state index contributed by atoms with van der Waals surface area (Å²) in [5.74, 6) is -0.000508. The second-order valence-electron chi connectivity index (χ2n) is 8.50. The van der Waals surface area contributed by atoms with Crippen LogP contribution in [0.15, 0.2) is 47.6 Å². The summed E-state index contributed by atoms with van der Waals surface area (Å²) in [4.78, 5) is 23.6. The quantitative estimate of drug-likeness (QED) is 0.811. The second kappa shape index (κ2) is 8.75. The molecule has 158 valence electrons. The largest absolute Gasteiger partial charge is 0.398 e. The Bertz CT molecular complexity index is 989. The molecule has 1 aliphatic heterocycles. The fourth-order valence-electron chi connectivity index (χ4n) is 3.11. The van der Waals surface area contributed by atoms with Crippen LogP contribution >= 0.6 is 0 Å². The van der Waals surface area contributed by atoms with Gasteiger partial charge in [-0.1, -0.05) is 20.8 Å². The van der Waals surface area contributed by atoms with Gasteiger partial charge in [0, 0.05) is 36.0 Å². The monoisotopic (exact) mass is 409 g/mol. The van der Waals surface area contributed by atoms with E-state index in [4.69, 9.17) is 10.7 Å². The van der Waals surface area contributed by atoms with Gasteiger partial charge in [0.1, 0.15) is 11.6 Å². The number of halogens is 1. The van der Waals surface area contributed by atoms with E-state index < -0.39 is 5.41 Å². The number of pyridine rings is 1. The first-order chi connectivity index (χ1) is 14.1. The molecule has 0 atom stereocenters. The molecule has 0 fully saturated rings. The summed E-state index contributed by atoms with van der Waals surface area (Å²) in [5.41, 5.74) is 9.65. The molecule has 30 heavy (non-hydrogen) atoms. The normalized spacial score (nSPS) is 16.0. The second-order valence-corrected chi connectivity index (χ2v) is 8.50. The van der Waals surface area contributed by atoms with Gasteiger partial charge in [0.25, 0.3) is 0 Å². The molecular weight excluding hydrogens is 381 g/mol. The Morgan fingerprint density at radius 3 is 2.50 bits per heavy atom. The number of nitrogens with two attached hydrogens (primary N) is 1. The summed E-state index contributed by atoms with van der Waals surface area (Å²) in [6, 6.07) is 9.72. The SMILES string of the molecule is CN1CCN=C(C(=C(N)c2ccc(F)cc2)c2ccnc(NC(=O)C(C)(C)C)c2)C1. The van der Waals surface area contributed by atoms with Gasteiger partial charge in [0.2, 0.25) is 5.91 Å². The lowest BCUT2D eigenvalue weighted by Gasteiger charge is -2.25. The number of rotatable bonds is 4. The number of hydrogen-bond acceptors (Lipinski definition) is 5. The molecule has 0 saturated carbocycles. The number of amides is 1. The molecule has 6 nitrogen and oxygen atoms in total. The molecule has 0 radical (unpaired) electrons. The lowest BCUT2D eigenvalue weighted by Crippen LogP contribution is -2.34. The number of nitrogens with one attached hydrogen (secondary N) is 1.